The summed E-state index contributed by atoms with van der Waals surface area (Å²) in [5, 5.41) is 14.3. The Labute approximate surface area is 86.6 Å². The van der Waals surface area contributed by atoms with Crippen molar-refractivity contribution in [2.75, 3.05) is 0 Å². The Bertz CT molecular complexity index is 425. The highest BCUT2D eigenvalue weighted by Gasteiger charge is 2.19. The normalized spacial score (nSPS) is 13.7. The maximum atomic E-state index is 11.5. The summed E-state index contributed by atoms with van der Waals surface area (Å²) >= 11 is 0. The Balaban J connectivity index is 2.69. The summed E-state index contributed by atoms with van der Waals surface area (Å²) < 4.78 is 25.3. The molecular formula is C7H11N3O4S. The molecule has 0 aromatic carbocycles. The van der Waals surface area contributed by atoms with Crippen LogP contribution in [0.15, 0.2) is 17.3 Å². The summed E-state index contributed by atoms with van der Waals surface area (Å²) in [5.74, 6) is -1.06. The number of aromatic amines is 1. The molecule has 1 aromatic rings. The van der Waals surface area contributed by atoms with Crippen molar-refractivity contribution in [3.05, 3.63) is 12.4 Å². The minimum absolute atomic E-state index is 0.0141. The number of carbonyl (C=O) groups is 1. The van der Waals surface area contributed by atoms with Crippen molar-refractivity contribution in [1.29, 1.82) is 0 Å². The lowest BCUT2D eigenvalue weighted by Gasteiger charge is -2.10. The van der Waals surface area contributed by atoms with E-state index in [4.69, 9.17) is 5.11 Å². The van der Waals surface area contributed by atoms with E-state index in [0.717, 1.165) is 6.20 Å². The maximum absolute atomic E-state index is 11.5. The van der Waals surface area contributed by atoms with Gasteiger partial charge in [-0.15, -0.1) is 0 Å². The summed E-state index contributed by atoms with van der Waals surface area (Å²) in [6.07, 6.45) is 2.10. The van der Waals surface area contributed by atoms with Crippen LogP contribution in [0.3, 0.4) is 0 Å². The third kappa shape index (κ3) is 3.33. The average molecular weight is 233 g/mol. The van der Waals surface area contributed by atoms with E-state index in [0.29, 0.717) is 0 Å². The number of rotatable bonds is 5. The smallest absolute Gasteiger partial charge is 0.304 e. The van der Waals surface area contributed by atoms with E-state index in [1.165, 1.54) is 13.1 Å². The van der Waals surface area contributed by atoms with Crippen molar-refractivity contribution >= 4 is 16.0 Å². The average Bonchev–Trinajstić information content (AvgIpc) is 2.51. The summed E-state index contributed by atoms with van der Waals surface area (Å²) in [4.78, 5) is 10.3. The van der Waals surface area contributed by atoms with Gasteiger partial charge in [-0.1, -0.05) is 0 Å². The SMILES string of the molecule is CC(CC(=O)O)NS(=O)(=O)c1cn[nH]c1. The largest absolute Gasteiger partial charge is 0.481 e. The molecule has 0 fully saturated rings. The Morgan fingerprint density at radius 3 is 2.87 bits per heavy atom. The molecule has 0 aliphatic carbocycles. The first kappa shape index (κ1) is 11.7. The lowest BCUT2D eigenvalue weighted by Crippen LogP contribution is -2.34. The molecule has 3 N–H and O–H groups in total. The Morgan fingerprint density at radius 2 is 2.40 bits per heavy atom. The number of aliphatic carboxylic acids is 1. The lowest BCUT2D eigenvalue weighted by molar-refractivity contribution is -0.137. The minimum Gasteiger partial charge on any atom is -0.481 e. The molecule has 0 bridgehead atoms. The topological polar surface area (TPSA) is 112 Å². The van der Waals surface area contributed by atoms with Gasteiger partial charge in [0.15, 0.2) is 0 Å². The molecule has 0 spiro atoms. The van der Waals surface area contributed by atoms with Gasteiger partial charge in [0.05, 0.1) is 12.6 Å². The molecule has 0 saturated heterocycles. The summed E-state index contributed by atoms with van der Waals surface area (Å²) in [6.45, 7) is 1.48. The van der Waals surface area contributed by atoms with E-state index in [9.17, 15) is 13.2 Å². The Morgan fingerprint density at radius 1 is 1.73 bits per heavy atom. The molecule has 15 heavy (non-hydrogen) atoms. The first-order chi connectivity index (χ1) is 6.92. The van der Waals surface area contributed by atoms with Crippen LogP contribution in [0.4, 0.5) is 0 Å². The van der Waals surface area contributed by atoms with Crippen molar-refractivity contribution in [2.24, 2.45) is 0 Å². The van der Waals surface area contributed by atoms with Gasteiger partial charge in [0.25, 0.3) is 0 Å². The number of nitrogens with one attached hydrogen (secondary N) is 2. The quantitative estimate of drug-likeness (QED) is 0.637. The van der Waals surface area contributed by atoms with E-state index in [1.54, 1.807) is 0 Å². The Hall–Kier alpha value is -1.41. The van der Waals surface area contributed by atoms with Crippen molar-refractivity contribution in [3.8, 4) is 0 Å². The molecule has 1 rings (SSSR count). The van der Waals surface area contributed by atoms with E-state index < -0.39 is 22.0 Å². The molecule has 0 amide bonds. The maximum Gasteiger partial charge on any atom is 0.304 e. The molecule has 1 unspecified atom stereocenters. The zero-order valence-corrected chi connectivity index (χ0v) is 8.78. The first-order valence-electron chi connectivity index (χ1n) is 4.14. The highest BCUT2D eigenvalue weighted by atomic mass is 32.2. The lowest BCUT2D eigenvalue weighted by atomic mass is 10.3. The van der Waals surface area contributed by atoms with Crippen LogP contribution in [0.5, 0.6) is 0 Å². The highest BCUT2D eigenvalue weighted by Crippen LogP contribution is 2.06. The van der Waals surface area contributed by atoms with Crippen LogP contribution in [0.1, 0.15) is 13.3 Å². The van der Waals surface area contributed by atoms with E-state index >= 15 is 0 Å². The number of carboxylic acid groups (broad SMARTS) is 1. The van der Waals surface area contributed by atoms with E-state index in [2.05, 4.69) is 14.9 Å². The van der Waals surface area contributed by atoms with Gasteiger partial charge in [0, 0.05) is 12.2 Å². The molecule has 7 nitrogen and oxygen atoms in total. The van der Waals surface area contributed by atoms with Crippen molar-refractivity contribution in [3.63, 3.8) is 0 Å². The van der Waals surface area contributed by atoms with Crippen molar-refractivity contribution in [1.82, 2.24) is 14.9 Å². The highest BCUT2D eigenvalue weighted by molar-refractivity contribution is 7.89. The molecule has 0 radical (unpaired) electrons. The Kier molecular flexibility index (Phi) is 3.43. The number of carboxylic acids is 1. The van der Waals surface area contributed by atoms with Gasteiger partial charge < -0.3 is 5.11 Å². The van der Waals surface area contributed by atoms with Crippen LogP contribution in [-0.2, 0) is 14.8 Å². The van der Waals surface area contributed by atoms with Gasteiger partial charge in [-0.2, -0.15) is 5.10 Å². The van der Waals surface area contributed by atoms with Crippen LogP contribution >= 0.6 is 0 Å². The number of aromatic nitrogens is 2. The fourth-order valence-electron chi connectivity index (χ4n) is 1.02. The molecular weight excluding hydrogens is 222 g/mol. The number of H-pyrrole nitrogens is 1. The molecule has 8 heteroatoms. The molecule has 1 heterocycles. The molecule has 0 aliphatic rings. The van der Waals surface area contributed by atoms with Gasteiger partial charge >= 0.3 is 5.97 Å². The van der Waals surface area contributed by atoms with Crippen molar-refractivity contribution < 1.29 is 18.3 Å². The number of hydrogen-bond donors (Lipinski definition) is 3. The molecule has 0 aliphatic heterocycles. The monoisotopic (exact) mass is 233 g/mol. The number of sulfonamides is 1. The predicted octanol–water partition coefficient (Wildman–Crippen LogP) is -0.449. The fourth-order valence-corrected chi connectivity index (χ4v) is 2.17. The summed E-state index contributed by atoms with van der Waals surface area (Å²) in [5.41, 5.74) is 0. The zero-order valence-electron chi connectivity index (χ0n) is 7.97. The predicted molar refractivity (Wildman–Crippen MR) is 50.6 cm³/mol. The van der Waals surface area contributed by atoms with Crippen LogP contribution in [0.25, 0.3) is 0 Å². The van der Waals surface area contributed by atoms with Crippen LogP contribution < -0.4 is 4.72 Å². The minimum atomic E-state index is -3.67. The molecule has 84 valence electrons. The summed E-state index contributed by atoms with van der Waals surface area (Å²) in [6, 6.07) is -0.664. The van der Waals surface area contributed by atoms with Gasteiger partial charge in [-0.05, 0) is 6.92 Å². The number of nitrogens with zero attached hydrogens (tertiary/aromatic N) is 1. The second kappa shape index (κ2) is 4.41. The molecule has 1 atom stereocenters. The van der Waals surface area contributed by atoms with E-state index in [-0.39, 0.29) is 11.3 Å². The van der Waals surface area contributed by atoms with Gasteiger partial charge in [0.1, 0.15) is 4.90 Å². The third-order valence-electron chi connectivity index (χ3n) is 1.62. The second-order valence-electron chi connectivity index (χ2n) is 3.05. The zero-order chi connectivity index (χ0) is 11.5. The van der Waals surface area contributed by atoms with Gasteiger partial charge in [-0.25, -0.2) is 13.1 Å². The van der Waals surface area contributed by atoms with Gasteiger partial charge in [-0.3, -0.25) is 9.89 Å². The van der Waals surface area contributed by atoms with Crippen molar-refractivity contribution in [2.45, 2.75) is 24.3 Å². The fraction of sp³-hybridized carbons (Fsp3) is 0.429. The molecule has 1 aromatic heterocycles. The van der Waals surface area contributed by atoms with Crippen LogP contribution in [0, 0.1) is 0 Å². The summed E-state index contributed by atoms with van der Waals surface area (Å²) in [7, 11) is -3.67. The standard InChI is InChI=1S/C7H11N3O4S/c1-5(2-7(11)12)10-15(13,14)6-3-8-9-4-6/h3-5,10H,2H2,1H3,(H,8,9)(H,11,12). The van der Waals surface area contributed by atoms with E-state index in [1.807, 2.05) is 0 Å². The first-order valence-corrected chi connectivity index (χ1v) is 5.63. The van der Waals surface area contributed by atoms with Crippen LogP contribution in [0.2, 0.25) is 0 Å². The molecule has 0 saturated carbocycles. The van der Waals surface area contributed by atoms with Gasteiger partial charge in [0.2, 0.25) is 10.0 Å². The number of hydrogen-bond acceptors (Lipinski definition) is 4. The second-order valence-corrected chi connectivity index (χ2v) is 4.77. The van der Waals surface area contributed by atoms with Crippen LogP contribution in [-0.4, -0.2) is 35.7 Å². The third-order valence-corrected chi connectivity index (χ3v) is 3.18.